The van der Waals surface area contributed by atoms with Crippen LogP contribution < -0.4 is 4.90 Å². The Morgan fingerprint density at radius 2 is 2.00 bits per heavy atom. The van der Waals surface area contributed by atoms with Gasteiger partial charge in [-0.2, -0.15) is 4.80 Å². The van der Waals surface area contributed by atoms with Crippen molar-refractivity contribution in [2.45, 2.75) is 32.7 Å². The maximum atomic E-state index is 12.6. The first-order valence-corrected chi connectivity index (χ1v) is 10.8. The zero-order valence-corrected chi connectivity index (χ0v) is 17.4. The third kappa shape index (κ3) is 4.97. The summed E-state index contributed by atoms with van der Waals surface area (Å²) >= 11 is 1.68. The zero-order valence-electron chi connectivity index (χ0n) is 16.6. The average molecular weight is 412 g/mol. The average Bonchev–Trinajstić information content (AvgIpc) is 3.31. The summed E-state index contributed by atoms with van der Waals surface area (Å²) in [5, 5.41) is 15.7. The molecule has 0 aliphatic carbocycles. The van der Waals surface area contributed by atoms with Crippen molar-refractivity contribution in [3.8, 4) is 11.4 Å². The predicted octanol–water partition coefficient (Wildman–Crippen LogP) is 2.62. The fraction of sp³-hybridized carbons (Fsp3) is 0.450. The standard InChI is InChI=1S/C20H25N7OS/c1-16-15-29-20(21-16)26-11-6-10-25(13-14-26)18(28)9-5-12-27-23-19(22-24-27)17-7-3-2-4-8-17/h2-4,7-8,15H,5-6,9-14H2,1H3. The van der Waals surface area contributed by atoms with Crippen molar-refractivity contribution in [1.82, 2.24) is 30.1 Å². The van der Waals surface area contributed by atoms with Gasteiger partial charge in [-0.15, -0.1) is 21.5 Å². The van der Waals surface area contributed by atoms with Crippen molar-refractivity contribution in [3.63, 3.8) is 0 Å². The van der Waals surface area contributed by atoms with Crippen LogP contribution in [0.25, 0.3) is 11.4 Å². The van der Waals surface area contributed by atoms with E-state index < -0.39 is 0 Å². The summed E-state index contributed by atoms with van der Waals surface area (Å²) in [7, 11) is 0. The normalized spacial score (nSPS) is 14.8. The van der Waals surface area contributed by atoms with Crippen molar-refractivity contribution < 1.29 is 4.79 Å². The van der Waals surface area contributed by atoms with Crippen LogP contribution in [0, 0.1) is 6.92 Å². The van der Waals surface area contributed by atoms with Gasteiger partial charge in [-0.3, -0.25) is 4.79 Å². The Kier molecular flexibility index (Phi) is 6.14. The van der Waals surface area contributed by atoms with E-state index in [9.17, 15) is 4.79 Å². The van der Waals surface area contributed by atoms with Crippen molar-refractivity contribution in [3.05, 3.63) is 41.4 Å². The van der Waals surface area contributed by atoms with Gasteiger partial charge in [-0.1, -0.05) is 30.3 Å². The van der Waals surface area contributed by atoms with E-state index in [0.29, 0.717) is 25.2 Å². The molecule has 0 saturated carbocycles. The van der Waals surface area contributed by atoms with Gasteiger partial charge in [0.05, 0.1) is 12.2 Å². The van der Waals surface area contributed by atoms with Crippen molar-refractivity contribution >= 4 is 22.4 Å². The van der Waals surface area contributed by atoms with Crippen molar-refractivity contribution in [2.24, 2.45) is 0 Å². The van der Waals surface area contributed by atoms with Crippen molar-refractivity contribution in [2.75, 3.05) is 31.1 Å². The van der Waals surface area contributed by atoms with Gasteiger partial charge in [0.1, 0.15) is 0 Å². The number of aryl methyl sites for hydroxylation is 2. The van der Waals surface area contributed by atoms with Gasteiger partial charge in [0.2, 0.25) is 11.7 Å². The highest BCUT2D eigenvalue weighted by Gasteiger charge is 2.20. The SMILES string of the molecule is Cc1csc(N2CCCN(C(=O)CCCn3nnc(-c4ccccc4)n3)CC2)n1. The number of anilines is 1. The van der Waals surface area contributed by atoms with Gasteiger partial charge in [0, 0.05) is 43.5 Å². The minimum absolute atomic E-state index is 0.200. The molecule has 3 heterocycles. The zero-order chi connectivity index (χ0) is 20.1. The molecular weight excluding hydrogens is 386 g/mol. The van der Waals surface area contributed by atoms with Crippen LogP contribution in [0.2, 0.25) is 0 Å². The summed E-state index contributed by atoms with van der Waals surface area (Å²) < 4.78 is 0. The summed E-state index contributed by atoms with van der Waals surface area (Å²) in [4.78, 5) is 23.1. The van der Waals surface area contributed by atoms with Gasteiger partial charge in [-0.25, -0.2) is 4.98 Å². The number of carbonyl (C=O) groups excluding carboxylic acids is 1. The molecule has 0 spiro atoms. The molecule has 9 heteroatoms. The van der Waals surface area contributed by atoms with E-state index in [4.69, 9.17) is 0 Å². The lowest BCUT2D eigenvalue weighted by molar-refractivity contribution is -0.131. The summed E-state index contributed by atoms with van der Waals surface area (Å²) in [6.07, 6.45) is 2.17. The largest absolute Gasteiger partial charge is 0.346 e. The van der Waals surface area contributed by atoms with Crippen LogP contribution in [0.1, 0.15) is 25.0 Å². The molecule has 1 saturated heterocycles. The molecule has 1 aromatic carbocycles. The summed E-state index contributed by atoms with van der Waals surface area (Å²) in [6, 6.07) is 9.78. The highest BCUT2D eigenvalue weighted by atomic mass is 32.1. The van der Waals surface area contributed by atoms with Crippen LogP contribution in [0.4, 0.5) is 5.13 Å². The van der Waals surface area contributed by atoms with Crippen LogP contribution in [-0.2, 0) is 11.3 Å². The molecule has 2 aromatic heterocycles. The monoisotopic (exact) mass is 411 g/mol. The van der Waals surface area contributed by atoms with Gasteiger partial charge in [-0.05, 0) is 25.0 Å². The first-order chi connectivity index (χ1) is 14.2. The van der Waals surface area contributed by atoms with Crippen LogP contribution in [0.5, 0.6) is 0 Å². The van der Waals surface area contributed by atoms with E-state index in [1.807, 2.05) is 42.2 Å². The van der Waals surface area contributed by atoms with Gasteiger partial charge in [0.15, 0.2) is 5.13 Å². The number of tetrazole rings is 1. The minimum Gasteiger partial charge on any atom is -0.346 e. The third-order valence-electron chi connectivity index (χ3n) is 4.96. The third-order valence-corrected chi connectivity index (χ3v) is 5.98. The molecule has 152 valence electrons. The number of aromatic nitrogens is 5. The maximum Gasteiger partial charge on any atom is 0.222 e. The predicted molar refractivity (Wildman–Crippen MR) is 113 cm³/mol. The molecule has 0 radical (unpaired) electrons. The van der Waals surface area contributed by atoms with E-state index in [1.54, 1.807) is 16.1 Å². The van der Waals surface area contributed by atoms with Gasteiger partial charge < -0.3 is 9.80 Å². The van der Waals surface area contributed by atoms with Crippen LogP contribution in [0.15, 0.2) is 35.7 Å². The number of hydrogen-bond donors (Lipinski definition) is 0. The molecule has 0 unspecified atom stereocenters. The Morgan fingerprint density at radius 1 is 1.14 bits per heavy atom. The van der Waals surface area contributed by atoms with Crippen LogP contribution >= 0.6 is 11.3 Å². The number of carbonyl (C=O) groups is 1. The second kappa shape index (κ2) is 9.13. The molecule has 3 aromatic rings. The maximum absolute atomic E-state index is 12.6. The summed E-state index contributed by atoms with van der Waals surface area (Å²) in [5.41, 5.74) is 2.00. The molecular formula is C20H25N7OS. The first kappa shape index (κ1) is 19.5. The number of hydrogen-bond acceptors (Lipinski definition) is 7. The highest BCUT2D eigenvalue weighted by molar-refractivity contribution is 7.13. The number of amides is 1. The minimum atomic E-state index is 0.200. The Balaban J connectivity index is 1.24. The molecule has 29 heavy (non-hydrogen) atoms. The lowest BCUT2D eigenvalue weighted by Gasteiger charge is -2.21. The van der Waals surface area contributed by atoms with Crippen molar-refractivity contribution in [1.29, 1.82) is 0 Å². The van der Waals surface area contributed by atoms with E-state index in [2.05, 4.69) is 30.7 Å². The fourth-order valence-corrected chi connectivity index (χ4v) is 4.27. The second-order valence-corrected chi connectivity index (χ2v) is 8.01. The first-order valence-electron chi connectivity index (χ1n) is 9.97. The number of benzene rings is 1. The Labute approximate surface area is 174 Å². The second-order valence-electron chi connectivity index (χ2n) is 7.17. The number of nitrogens with zero attached hydrogens (tertiary/aromatic N) is 7. The molecule has 1 amide bonds. The summed E-state index contributed by atoms with van der Waals surface area (Å²) in [6.45, 7) is 5.94. The molecule has 0 atom stereocenters. The lowest BCUT2D eigenvalue weighted by atomic mass is 10.2. The summed E-state index contributed by atoms with van der Waals surface area (Å²) in [5.74, 6) is 0.813. The van der Waals surface area contributed by atoms with E-state index in [-0.39, 0.29) is 5.91 Å². The topological polar surface area (TPSA) is 80.0 Å². The molecule has 0 bridgehead atoms. The number of thiazole rings is 1. The molecule has 4 rings (SSSR count). The van der Waals surface area contributed by atoms with Crippen LogP contribution in [0.3, 0.4) is 0 Å². The molecule has 1 fully saturated rings. The quantitative estimate of drug-likeness (QED) is 0.620. The molecule has 1 aliphatic rings. The fourth-order valence-electron chi connectivity index (χ4n) is 3.42. The highest BCUT2D eigenvalue weighted by Crippen LogP contribution is 2.21. The number of rotatable bonds is 6. The Morgan fingerprint density at radius 3 is 2.79 bits per heavy atom. The Hall–Kier alpha value is -2.81. The van der Waals surface area contributed by atoms with Gasteiger partial charge in [0.25, 0.3) is 0 Å². The van der Waals surface area contributed by atoms with Gasteiger partial charge >= 0.3 is 0 Å². The molecule has 0 N–H and O–H groups in total. The van der Waals surface area contributed by atoms with E-state index >= 15 is 0 Å². The smallest absolute Gasteiger partial charge is 0.222 e. The van der Waals surface area contributed by atoms with E-state index in [1.165, 1.54) is 0 Å². The van der Waals surface area contributed by atoms with Crippen LogP contribution in [-0.4, -0.2) is 62.2 Å². The van der Waals surface area contributed by atoms with E-state index in [0.717, 1.165) is 49.0 Å². The molecule has 8 nitrogen and oxygen atoms in total. The lowest BCUT2D eigenvalue weighted by Crippen LogP contribution is -2.35. The Bertz CT molecular complexity index is 939. The molecule has 1 aliphatic heterocycles.